The summed E-state index contributed by atoms with van der Waals surface area (Å²) in [5.74, 6) is 0. The number of nitrogens with one attached hydrogen (secondary N) is 1. The fraction of sp³-hybridized carbons (Fsp3) is 1.00. The van der Waals surface area contributed by atoms with Gasteiger partial charge in [0.15, 0.2) is 0 Å². The first-order valence-electron chi connectivity index (χ1n) is 4.28. The molecular formula is C8H15ClF3NO. The van der Waals surface area contributed by atoms with Crippen molar-refractivity contribution in [2.75, 3.05) is 26.8 Å². The zero-order valence-electron chi connectivity index (χ0n) is 7.99. The SMILES string of the molecule is COCC1(C(F)(F)F)CCNCC1.Cl. The van der Waals surface area contributed by atoms with E-state index in [1.54, 1.807) is 0 Å². The number of hydrogen-bond donors (Lipinski definition) is 1. The minimum atomic E-state index is -4.15. The van der Waals surface area contributed by atoms with Crippen molar-refractivity contribution < 1.29 is 17.9 Å². The van der Waals surface area contributed by atoms with E-state index in [0.717, 1.165) is 0 Å². The fourth-order valence-electron chi connectivity index (χ4n) is 1.69. The van der Waals surface area contributed by atoms with Crippen LogP contribution in [-0.2, 0) is 4.74 Å². The smallest absolute Gasteiger partial charge is 0.384 e. The van der Waals surface area contributed by atoms with Crippen LogP contribution >= 0.6 is 12.4 Å². The van der Waals surface area contributed by atoms with Crippen LogP contribution in [-0.4, -0.2) is 33.0 Å². The Labute approximate surface area is 87.6 Å². The zero-order valence-corrected chi connectivity index (χ0v) is 8.80. The van der Waals surface area contributed by atoms with Crippen molar-refractivity contribution in [3.05, 3.63) is 0 Å². The molecule has 1 rings (SSSR count). The first kappa shape index (κ1) is 14.0. The minimum Gasteiger partial charge on any atom is -0.384 e. The van der Waals surface area contributed by atoms with Crippen molar-refractivity contribution in [2.45, 2.75) is 19.0 Å². The van der Waals surface area contributed by atoms with E-state index in [2.05, 4.69) is 10.1 Å². The Morgan fingerprint density at radius 2 is 1.79 bits per heavy atom. The highest BCUT2D eigenvalue weighted by Crippen LogP contribution is 2.44. The number of hydrogen-bond acceptors (Lipinski definition) is 2. The summed E-state index contributed by atoms with van der Waals surface area (Å²) in [6, 6.07) is 0. The molecule has 6 heteroatoms. The van der Waals surface area contributed by atoms with E-state index >= 15 is 0 Å². The van der Waals surface area contributed by atoms with Gasteiger partial charge >= 0.3 is 6.18 Å². The Morgan fingerprint density at radius 3 is 2.14 bits per heavy atom. The molecule has 0 aliphatic carbocycles. The number of rotatable bonds is 2. The van der Waals surface area contributed by atoms with E-state index in [0.29, 0.717) is 13.1 Å². The highest BCUT2D eigenvalue weighted by Gasteiger charge is 2.54. The Kier molecular flexibility index (Phi) is 5.19. The molecule has 0 bridgehead atoms. The molecular weight excluding hydrogens is 219 g/mol. The van der Waals surface area contributed by atoms with Gasteiger partial charge in [0.05, 0.1) is 12.0 Å². The van der Waals surface area contributed by atoms with Crippen LogP contribution in [0.3, 0.4) is 0 Å². The standard InChI is InChI=1S/C8H14F3NO.ClH/c1-13-6-7(8(9,10)11)2-4-12-5-3-7;/h12H,2-6H2,1H3;1H. The van der Waals surface area contributed by atoms with E-state index < -0.39 is 11.6 Å². The van der Waals surface area contributed by atoms with E-state index in [1.165, 1.54) is 7.11 Å². The molecule has 14 heavy (non-hydrogen) atoms. The largest absolute Gasteiger partial charge is 0.396 e. The lowest BCUT2D eigenvalue weighted by molar-refractivity contribution is -0.246. The molecule has 0 unspecified atom stereocenters. The molecule has 1 aliphatic rings. The van der Waals surface area contributed by atoms with Gasteiger partial charge in [-0.1, -0.05) is 0 Å². The summed E-state index contributed by atoms with van der Waals surface area (Å²) in [4.78, 5) is 0. The predicted octanol–water partition coefficient (Wildman–Crippen LogP) is 1.99. The highest BCUT2D eigenvalue weighted by molar-refractivity contribution is 5.85. The number of methoxy groups -OCH3 is 1. The summed E-state index contributed by atoms with van der Waals surface area (Å²) in [5.41, 5.74) is -1.62. The monoisotopic (exact) mass is 233 g/mol. The van der Waals surface area contributed by atoms with Crippen LogP contribution in [0.2, 0.25) is 0 Å². The van der Waals surface area contributed by atoms with Crippen molar-refractivity contribution in [1.29, 1.82) is 0 Å². The molecule has 0 aromatic carbocycles. The average molecular weight is 234 g/mol. The van der Waals surface area contributed by atoms with Gasteiger partial charge < -0.3 is 10.1 Å². The Morgan fingerprint density at radius 1 is 1.29 bits per heavy atom. The first-order valence-corrected chi connectivity index (χ1v) is 4.28. The molecule has 1 saturated heterocycles. The molecule has 1 heterocycles. The van der Waals surface area contributed by atoms with Crippen LogP contribution in [0.25, 0.3) is 0 Å². The molecule has 0 atom stereocenters. The summed E-state index contributed by atoms with van der Waals surface area (Å²) in [5, 5.41) is 2.91. The van der Waals surface area contributed by atoms with Gasteiger partial charge in [-0.05, 0) is 25.9 Å². The quantitative estimate of drug-likeness (QED) is 0.788. The van der Waals surface area contributed by atoms with Gasteiger partial charge in [0.2, 0.25) is 0 Å². The van der Waals surface area contributed by atoms with Crippen molar-refractivity contribution >= 4 is 12.4 Å². The second kappa shape index (κ2) is 5.19. The molecule has 0 aromatic heterocycles. The van der Waals surface area contributed by atoms with Crippen molar-refractivity contribution in [3.63, 3.8) is 0 Å². The van der Waals surface area contributed by atoms with Gasteiger partial charge in [-0.2, -0.15) is 13.2 Å². The summed E-state index contributed by atoms with van der Waals surface area (Å²) < 4.78 is 42.7. The van der Waals surface area contributed by atoms with Crippen LogP contribution in [0.5, 0.6) is 0 Å². The van der Waals surface area contributed by atoms with Crippen molar-refractivity contribution in [1.82, 2.24) is 5.32 Å². The van der Waals surface area contributed by atoms with E-state index in [-0.39, 0.29) is 31.9 Å². The second-order valence-corrected chi connectivity index (χ2v) is 3.46. The lowest BCUT2D eigenvalue weighted by Gasteiger charge is -2.38. The second-order valence-electron chi connectivity index (χ2n) is 3.46. The molecule has 1 aliphatic heterocycles. The van der Waals surface area contributed by atoms with Gasteiger partial charge in [-0.25, -0.2) is 0 Å². The molecule has 1 fully saturated rings. The third-order valence-electron chi connectivity index (χ3n) is 2.58. The van der Waals surface area contributed by atoms with Gasteiger partial charge in [0.1, 0.15) is 0 Å². The average Bonchev–Trinajstić information content (AvgIpc) is 2.04. The normalized spacial score (nSPS) is 21.4. The summed E-state index contributed by atoms with van der Waals surface area (Å²) in [6.07, 6.45) is -3.92. The van der Waals surface area contributed by atoms with Crippen molar-refractivity contribution in [3.8, 4) is 0 Å². The first-order chi connectivity index (χ1) is 6.02. The molecule has 0 amide bonds. The maximum absolute atomic E-state index is 12.7. The third kappa shape index (κ3) is 2.74. The van der Waals surface area contributed by atoms with Crippen LogP contribution < -0.4 is 5.32 Å². The molecule has 2 nitrogen and oxygen atoms in total. The summed E-state index contributed by atoms with van der Waals surface area (Å²) in [7, 11) is 1.32. The molecule has 0 radical (unpaired) electrons. The Balaban J connectivity index is 0.00000169. The fourth-order valence-corrected chi connectivity index (χ4v) is 1.69. The number of alkyl halides is 3. The van der Waals surface area contributed by atoms with E-state index in [4.69, 9.17) is 0 Å². The lowest BCUT2D eigenvalue weighted by Crippen LogP contribution is -2.49. The molecule has 0 aromatic rings. The van der Waals surface area contributed by atoms with Gasteiger partial charge in [0.25, 0.3) is 0 Å². The molecule has 0 saturated carbocycles. The lowest BCUT2D eigenvalue weighted by atomic mass is 9.79. The van der Waals surface area contributed by atoms with E-state index in [9.17, 15) is 13.2 Å². The zero-order chi connectivity index (χ0) is 9.95. The van der Waals surface area contributed by atoms with Crippen LogP contribution in [0.15, 0.2) is 0 Å². The topological polar surface area (TPSA) is 21.3 Å². The highest BCUT2D eigenvalue weighted by atomic mass is 35.5. The summed E-state index contributed by atoms with van der Waals surface area (Å²) in [6.45, 7) is 0.615. The van der Waals surface area contributed by atoms with Crippen LogP contribution in [0, 0.1) is 5.41 Å². The molecule has 1 N–H and O–H groups in total. The maximum atomic E-state index is 12.7. The van der Waals surface area contributed by atoms with Gasteiger partial charge in [-0.3, -0.25) is 0 Å². The Bertz CT molecular complexity index is 163. The number of halogens is 4. The number of ether oxygens (including phenoxy) is 1. The summed E-state index contributed by atoms with van der Waals surface area (Å²) >= 11 is 0. The van der Waals surface area contributed by atoms with Crippen LogP contribution in [0.4, 0.5) is 13.2 Å². The maximum Gasteiger partial charge on any atom is 0.396 e. The van der Waals surface area contributed by atoms with Crippen molar-refractivity contribution in [2.24, 2.45) is 5.41 Å². The number of piperidine rings is 1. The predicted molar refractivity (Wildman–Crippen MR) is 49.7 cm³/mol. The van der Waals surface area contributed by atoms with Crippen LogP contribution in [0.1, 0.15) is 12.8 Å². The molecule has 86 valence electrons. The minimum absolute atomic E-state index is 0. The molecule has 0 spiro atoms. The van der Waals surface area contributed by atoms with E-state index in [1.807, 2.05) is 0 Å². The van der Waals surface area contributed by atoms with Gasteiger partial charge in [0, 0.05) is 7.11 Å². The van der Waals surface area contributed by atoms with Gasteiger partial charge in [-0.15, -0.1) is 12.4 Å². The third-order valence-corrected chi connectivity index (χ3v) is 2.58. The Hall–Kier alpha value is 0.